The first kappa shape index (κ1) is 24.3. The van der Waals surface area contributed by atoms with Crippen LogP contribution >= 0.6 is 0 Å². The van der Waals surface area contributed by atoms with Gasteiger partial charge in [0.2, 0.25) is 0 Å². The number of rotatable bonds is 7. The summed E-state index contributed by atoms with van der Waals surface area (Å²) >= 11 is 0. The number of carbonyl (C=O) groups excluding carboxylic acids is 3. The Kier molecular flexibility index (Phi) is 7.62. The van der Waals surface area contributed by atoms with Gasteiger partial charge in [-0.1, -0.05) is 19.3 Å². The number of ether oxygens (including phenoxy) is 1. The molecule has 176 valence electrons. The highest BCUT2D eigenvalue weighted by Gasteiger charge is 2.54. The van der Waals surface area contributed by atoms with E-state index in [2.05, 4.69) is 6.55 Å². The van der Waals surface area contributed by atoms with Crippen LogP contribution in [0.5, 0.6) is 11.5 Å². The van der Waals surface area contributed by atoms with Crippen LogP contribution < -0.4 is 9.16 Å². The molecule has 3 rings (SSSR count). The standard InChI is InChI=1S/C21H30O9Si2/c1-15(22)27-32(28-16(2)23,29-17(3)24)14-25-19-10-11-21-18(12-19)13-26-31(4,30-21)20-8-6-5-7-9-20/h10-12,20H,5-9,13-14H2,1-4H3. The number of carbonyl (C=O) groups is 3. The molecule has 0 aromatic heterocycles. The molecule has 0 spiro atoms. The Bertz CT molecular complexity index is 828. The summed E-state index contributed by atoms with van der Waals surface area (Å²) in [6.45, 7) is 5.96. The molecule has 9 nitrogen and oxygen atoms in total. The van der Waals surface area contributed by atoms with Crippen LogP contribution in [0, 0.1) is 0 Å². The van der Waals surface area contributed by atoms with E-state index in [1.165, 1.54) is 19.3 Å². The molecular formula is C21H30O9Si2. The Morgan fingerprint density at radius 1 is 1.00 bits per heavy atom. The molecule has 1 unspecified atom stereocenters. The maximum atomic E-state index is 11.6. The van der Waals surface area contributed by atoms with Gasteiger partial charge in [-0.2, -0.15) is 0 Å². The second-order valence-corrected chi connectivity index (χ2v) is 13.9. The third-order valence-electron chi connectivity index (χ3n) is 5.52. The molecule has 2 aliphatic rings. The van der Waals surface area contributed by atoms with E-state index in [4.69, 9.17) is 26.9 Å². The van der Waals surface area contributed by atoms with Crippen LogP contribution in [0.25, 0.3) is 0 Å². The zero-order valence-electron chi connectivity index (χ0n) is 18.9. The van der Waals surface area contributed by atoms with Gasteiger partial charge in [0.15, 0.2) is 6.23 Å². The van der Waals surface area contributed by atoms with Crippen molar-refractivity contribution in [2.75, 3.05) is 6.23 Å². The molecule has 1 saturated carbocycles. The van der Waals surface area contributed by atoms with Crippen molar-refractivity contribution < 1.29 is 41.3 Å². The first-order valence-corrected chi connectivity index (χ1v) is 15.1. The molecule has 1 aromatic carbocycles. The third-order valence-corrected chi connectivity index (χ3v) is 11.2. The van der Waals surface area contributed by atoms with Gasteiger partial charge in [-0.15, -0.1) is 0 Å². The van der Waals surface area contributed by atoms with E-state index >= 15 is 0 Å². The Hall–Kier alpha value is -2.38. The summed E-state index contributed by atoms with van der Waals surface area (Å²) in [5.41, 5.74) is 1.33. The summed E-state index contributed by atoms with van der Waals surface area (Å²) in [7, 11) is -6.39. The SMILES string of the molecule is CC(=O)O[Si](COc1ccc2c(c1)CO[Si](C)(C1CCCCC1)O2)(OC(C)=O)OC(C)=O. The first-order valence-electron chi connectivity index (χ1n) is 10.8. The van der Waals surface area contributed by atoms with E-state index in [0.717, 1.165) is 44.9 Å². The smallest absolute Gasteiger partial charge is 0.520 e. The van der Waals surface area contributed by atoms with Crippen molar-refractivity contribution in [3.63, 3.8) is 0 Å². The fraction of sp³-hybridized carbons (Fsp3) is 0.571. The summed E-state index contributed by atoms with van der Waals surface area (Å²) in [6.07, 6.45) is 5.61. The molecule has 1 aliphatic carbocycles. The lowest BCUT2D eigenvalue weighted by Crippen LogP contribution is -2.54. The van der Waals surface area contributed by atoms with Crippen molar-refractivity contribution in [1.82, 2.24) is 0 Å². The van der Waals surface area contributed by atoms with Gasteiger partial charge < -0.3 is 26.9 Å². The Morgan fingerprint density at radius 2 is 1.59 bits per heavy atom. The molecular weight excluding hydrogens is 452 g/mol. The fourth-order valence-electron chi connectivity index (χ4n) is 4.13. The summed E-state index contributed by atoms with van der Waals surface area (Å²) < 4.78 is 33.8. The molecule has 0 N–H and O–H groups in total. The molecule has 0 radical (unpaired) electrons. The van der Waals surface area contributed by atoms with Crippen LogP contribution in [-0.2, 0) is 38.7 Å². The van der Waals surface area contributed by atoms with Crippen LogP contribution in [-0.4, -0.2) is 41.5 Å². The van der Waals surface area contributed by atoms with Crippen LogP contribution in [0.2, 0.25) is 12.1 Å². The van der Waals surface area contributed by atoms with E-state index in [-0.39, 0.29) is 0 Å². The summed E-state index contributed by atoms with van der Waals surface area (Å²) in [5, 5.41) is 0. The molecule has 11 heteroatoms. The van der Waals surface area contributed by atoms with Gasteiger partial charge in [-0.3, -0.25) is 14.4 Å². The van der Waals surface area contributed by atoms with E-state index in [0.29, 0.717) is 17.9 Å². The lowest BCUT2D eigenvalue weighted by atomic mass is 10.0. The minimum absolute atomic E-state index is 0.402. The second kappa shape index (κ2) is 10.0. The minimum Gasteiger partial charge on any atom is -0.520 e. The van der Waals surface area contributed by atoms with Gasteiger partial charge >= 0.3 is 17.4 Å². The van der Waals surface area contributed by atoms with Crippen molar-refractivity contribution >= 4 is 35.3 Å². The Morgan fingerprint density at radius 3 is 2.16 bits per heavy atom. The predicted molar refractivity (Wildman–Crippen MR) is 117 cm³/mol. The fourth-order valence-corrected chi connectivity index (χ4v) is 9.09. The van der Waals surface area contributed by atoms with Gasteiger partial charge in [-0.05, 0) is 37.6 Å². The van der Waals surface area contributed by atoms with E-state index in [1.54, 1.807) is 12.1 Å². The molecule has 0 saturated heterocycles. The highest BCUT2D eigenvalue weighted by atomic mass is 28.4. The number of benzene rings is 1. The second-order valence-electron chi connectivity index (χ2n) is 8.26. The van der Waals surface area contributed by atoms with Crippen molar-refractivity contribution in [3.8, 4) is 11.5 Å². The summed E-state index contributed by atoms with van der Waals surface area (Å²) in [5.74, 6) is -1.04. The number of hydrogen-bond donors (Lipinski definition) is 0. The van der Waals surface area contributed by atoms with Crippen LogP contribution in [0.3, 0.4) is 0 Å². The largest absolute Gasteiger partial charge is 0.745 e. The molecule has 0 bridgehead atoms. The number of fused-ring (bicyclic) bond motifs is 1. The van der Waals surface area contributed by atoms with Crippen molar-refractivity contribution in [2.24, 2.45) is 0 Å². The van der Waals surface area contributed by atoms with Gasteiger partial charge in [0.05, 0.1) is 6.61 Å². The molecule has 1 fully saturated rings. The zero-order valence-corrected chi connectivity index (χ0v) is 20.9. The maximum Gasteiger partial charge on any atom is 0.745 e. The highest BCUT2D eigenvalue weighted by molar-refractivity contribution is 6.68. The first-order chi connectivity index (χ1) is 15.1. The molecule has 1 heterocycles. The number of hydrogen-bond acceptors (Lipinski definition) is 9. The van der Waals surface area contributed by atoms with Crippen molar-refractivity contribution in [1.29, 1.82) is 0 Å². The molecule has 0 amide bonds. The Labute approximate surface area is 189 Å². The monoisotopic (exact) mass is 482 g/mol. The van der Waals surface area contributed by atoms with Crippen molar-refractivity contribution in [3.05, 3.63) is 23.8 Å². The Balaban J connectivity index is 1.73. The van der Waals surface area contributed by atoms with Gasteiger partial charge in [-0.25, -0.2) is 0 Å². The van der Waals surface area contributed by atoms with Crippen LogP contribution in [0.1, 0.15) is 58.4 Å². The average molecular weight is 483 g/mol. The lowest BCUT2D eigenvalue weighted by molar-refractivity contribution is -0.148. The summed E-state index contributed by atoms with van der Waals surface area (Å²) in [4.78, 5) is 34.7. The summed E-state index contributed by atoms with van der Waals surface area (Å²) in [6, 6.07) is 5.31. The van der Waals surface area contributed by atoms with Crippen molar-refractivity contribution in [2.45, 2.75) is 71.6 Å². The predicted octanol–water partition coefficient (Wildman–Crippen LogP) is 3.55. The minimum atomic E-state index is -4.08. The molecule has 1 aliphatic heterocycles. The van der Waals surface area contributed by atoms with Crippen LogP contribution in [0.15, 0.2) is 18.2 Å². The normalized spacial score (nSPS) is 21.0. The maximum absolute atomic E-state index is 11.6. The van der Waals surface area contributed by atoms with E-state index in [1.807, 2.05) is 6.07 Å². The van der Waals surface area contributed by atoms with E-state index in [9.17, 15) is 14.4 Å². The zero-order chi connectivity index (χ0) is 23.4. The lowest BCUT2D eigenvalue weighted by Gasteiger charge is -2.40. The van der Waals surface area contributed by atoms with Gasteiger partial charge in [0, 0.05) is 31.9 Å². The average Bonchev–Trinajstić information content (AvgIpc) is 2.71. The molecule has 1 atom stereocenters. The van der Waals surface area contributed by atoms with Gasteiger partial charge in [0.25, 0.3) is 17.9 Å². The van der Waals surface area contributed by atoms with Gasteiger partial charge in [0.1, 0.15) is 11.5 Å². The molecule has 1 aromatic rings. The highest BCUT2D eigenvalue weighted by Crippen LogP contribution is 2.42. The van der Waals surface area contributed by atoms with E-state index < -0.39 is 41.5 Å². The van der Waals surface area contributed by atoms with Crippen LogP contribution in [0.4, 0.5) is 0 Å². The quantitative estimate of drug-likeness (QED) is 0.539. The topological polar surface area (TPSA) is 107 Å². The molecule has 32 heavy (non-hydrogen) atoms. The third kappa shape index (κ3) is 6.11.